The van der Waals surface area contributed by atoms with Crippen LogP contribution in [-0.2, 0) is 6.54 Å². The smallest absolute Gasteiger partial charge is 0.160 e. The highest BCUT2D eigenvalue weighted by Crippen LogP contribution is 2.24. The average Bonchev–Trinajstić information content (AvgIpc) is 2.92. The second kappa shape index (κ2) is 5.93. The molecular formula is C16H18N4O. The normalized spacial score (nSPS) is 11.0. The number of fused-ring (bicyclic) bond motifs is 1. The van der Waals surface area contributed by atoms with Crippen LogP contribution in [0.15, 0.2) is 42.6 Å². The largest absolute Gasteiger partial charge is 0.395 e. The van der Waals surface area contributed by atoms with Crippen molar-refractivity contribution in [2.45, 2.75) is 13.5 Å². The van der Waals surface area contributed by atoms with Crippen LogP contribution in [0.5, 0.6) is 0 Å². The molecule has 108 valence electrons. The third-order valence-electron chi connectivity index (χ3n) is 3.40. The highest BCUT2D eigenvalue weighted by atomic mass is 16.3. The summed E-state index contributed by atoms with van der Waals surface area (Å²) in [5.74, 6) is 0.930. The summed E-state index contributed by atoms with van der Waals surface area (Å²) in [5, 5.41) is 12.0. The van der Waals surface area contributed by atoms with Crippen molar-refractivity contribution in [3.05, 3.63) is 42.6 Å². The second-order valence-corrected chi connectivity index (χ2v) is 4.75. The fourth-order valence-corrected chi connectivity index (χ4v) is 2.42. The van der Waals surface area contributed by atoms with Crippen molar-refractivity contribution in [2.24, 2.45) is 0 Å². The topological polar surface area (TPSA) is 63.0 Å². The molecule has 0 amide bonds. The van der Waals surface area contributed by atoms with E-state index in [2.05, 4.69) is 26.8 Å². The maximum Gasteiger partial charge on any atom is 0.160 e. The Balaban J connectivity index is 1.99. The van der Waals surface area contributed by atoms with Crippen LogP contribution >= 0.6 is 0 Å². The van der Waals surface area contributed by atoms with Crippen LogP contribution in [-0.4, -0.2) is 32.8 Å². The van der Waals surface area contributed by atoms with Gasteiger partial charge in [-0.05, 0) is 43.3 Å². The van der Waals surface area contributed by atoms with E-state index in [-0.39, 0.29) is 6.61 Å². The molecule has 1 aromatic carbocycles. The Hall–Kier alpha value is -2.40. The van der Waals surface area contributed by atoms with Crippen molar-refractivity contribution < 1.29 is 5.11 Å². The Morgan fingerprint density at radius 1 is 1.19 bits per heavy atom. The SMILES string of the molecule is CCn1c(-c2ccc(NCCO)cc2)nc2cccnc21. The quantitative estimate of drug-likeness (QED) is 0.755. The van der Waals surface area contributed by atoms with Crippen molar-refractivity contribution in [3.63, 3.8) is 0 Å². The van der Waals surface area contributed by atoms with E-state index in [1.807, 2.05) is 36.4 Å². The number of pyridine rings is 1. The Morgan fingerprint density at radius 3 is 2.71 bits per heavy atom. The molecule has 2 aromatic heterocycles. The molecule has 0 aliphatic heterocycles. The van der Waals surface area contributed by atoms with Gasteiger partial charge in [-0.25, -0.2) is 9.97 Å². The summed E-state index contributed by atoms with van der Waals surface area (Å²) in [7, 11) is 0. The molecule has 0 aliphatic carbocycles. The van der Waals surface area contributed by atoms with Crippen molar-refractivity contribution in [1.82, 2.24) is 14.5 Å². The fourth-order valence-electron chi connectivity index (χ4n) is 2.42. The van der Waals surface area contributed by atoms with Gasteiger partial charge in [0.2, 0.25) is 0 Å². The molecule has 0 unspecified atom stereocenters. The Bertz CT molecular complexity index is 734. The molecular weight excluding hydrogens is 264 g/mol. The van der Waals surface area contributed by atoms with Gasteiger partial charge in [0.15, 0.2) is 5.65 Å². The van der Waals surface area contributed by atoms with Gasteiger partial charge in [-0.3, -0.25) is 0 Å². The summed E-state index contributed by atoms with van der Waals surface area (Å²) < 4.78 is 2.12. The van der Waals surface area contributed by atoms with Crippen LogP contribution in [0.1, 0.15) is 6.92 Å². The van der Waals surface area contributed by atoms with Gasteiger partial charge >= 0.3 is 0 Å². The molecule has 0 fully saturated rings. The summed E-state index contributed by atoms with van der Waals surface area (Å²) >= 11 is 0. The lowest BCUT2D eigenvalue weighted by Gasteiger charge is -2.07. The lowest BCUT2D eigenvalue weighted by Crippen LogP contribution is -2.05. The van der Waals surface area contributed by atoms with E-state index in [0.29, 0.717) is 6.54 Å². The minimum atomic E-state index is 0.124. The van der Waals surface area contributed by atoms with Crippen molar-refractivity contribution in [3.8, 4) is 11.4 Å². The van der Waals surface area contributed by atoms with Crippen molar-refractivity contribution in [2.75, 3.05) is 18.5 Å². The predicted molar refractivity (Wildman–Crippen MR) is 84.2 cm³/mol. The van der Waals surface area contributed by atoms with E-state index in [1.54, 1.807) is 6.20 Å². The Morgan fingerprint density at radius 2 is 2.00 bits per heavy atom. The van der Waals surface area contributed by atoms with Gasteiger partial charge < -0.3 is 15.0 Å². The number of hydrogen-bond donors (Lipinski definition) is 2. The second-order valence-electron chi connectivity index (χ2n) is 4.75. The maximum absolute atomic E-state index is 8.83. The van der Waals surface area contributed by atoms with E-state index in [9.17, 15) is 0 Å². The molecule has 0 atom stereocenters. The van der Waals surface area contributed by atoms with E-state index >= 15 is 0 Å². The van der Waals surface area contributed by atoms with E-state index in [0.717, 1.165) is 34.8 Å². The molecule has 3 aromatic rings. The molecule has 0 radical (unpaired) electrons. The number of imidazole rings is 1. The number of benzene rings is 1. The highest BCUT2D eigenvalue weighted by Gasteiger charge is 2.11. The standard InChI is InChI=1S/C16H18N4O/c1-2-20-15(19-14-4-3-9-18-16(14)20)12-5-7-13(8-6-12)17-10-11-21/h3-9,17,21H,2,10-11H2,1H3. The van der Waals surface area contributed by atoms with E-state index < -0.39 is 0 Å². The lowest BCUT2D eigenvalue weighted by molar-refractivity contribution is 0.311. The highest BCUT2D eigenvalue weighted by molar-refractivity contribution is 5.77. The van der Waals surface area contributed by atoms with Gasteiger partial charge in [0.05, 0.1) is 6.61 Å². The van der Waals surface area contributed by atoms with Gasteiger partial charge in [0.25, 0.3) is 0 Å². The number of nitrogens with one attached hydrogen (secondary N) is 1. The molecule has 0 bridgehead atoms. The third-order valence-corrected chi connectivity index (χ3v) is 3.40. The van der Waals surface area contributed by atoms with Crippen LogP contribution in [0.3, 0.4) is 0 Å². The summed E-state index contributed by atoms with van der Waals surface area (Å²) in [4.78, 5) is 9.10. The van der Waals surface area contributed by atoms with E-state index in [1.165, 1.54) is 0 Å². The van der Waals surface area contributed by atoms with Gasteiger partial charge in [-0.15, -0.1) is 0 Å². The first kappa shape index (κ1) is 13.6. The lowest BCUT2D eigenvalue weighted by atomic mass is 10.2. The number of hydrogen-bond acceptors (Lipinski definition) is 4. The molecule has 3 rings (SSSR count). The van der Waals surface area contributed by atoms with Crippen LogP contribution in [0, 0.1) is 0 Å². The predicted octanol–water partition coefficient (Wildman–Crippen LogP) is 2.52. The number of aryl methyl sites for hydroxylation is 1. The van der Waals surface area contributed by atoms with Gasteiger partial charge in [-0.1, -0.05) is 0 Å². The minimum absolute atomic E-state index is 0.124. The minimum Gasteiger partial charge on any atom is -0.395 e. The van der Waals surface area contributed by atoms with Crippen molar-refractivity contribution >= 4 is 16.9 Å². The van der Waals surface area contributed by atoms with Gasteiger partial charge in [0.1, 0.15) is 11.3 Å². The molecule has 0 saturated heterocycles. The number of rotatable bonds is 5. The first-order valence-electron chi connectivity index (χ1n) is 7.10. The van der Waals surface area contributed by atoms with Crippen LogP contribution < -0.4 is 5.32 Å². The molecule has 5 heteroatoms. The maximum atomic E-state index is 8.83. The van der Waals surface area contributed by atoms with Crippen LogP contribution in [0.2, 0.25) is 0 Å². The molecule has 0 aliphatic rings. The number of nitrogens with zero attached hydrogens (tertiary/aromatic N) is 3. The number of aromatic nitrogens is 3. The molecule has 0 saturated carbocycles. The molecule has 0 spiro atoms. The number of aliphatic hydroxyl groups excluding tert-OH is 1. The zero-order valence-corrected chi connectivity index (χ0v) is 12.0. The first-order chi connectivity index (χ1) is 10.3. The summed E-state index contributed by atoms with van der Waals surface area (Å²) in [6.45, 7) is 3.60. The number of aliphatic hydroxyl groups is 1. The molecule has 21 heavy (non-hydrogen) atoms. The first-order valence-corrected chi connectivity index (χ1v) is 7.10. The fraction of sp³-hybridized carbons (Fsp3) is 0.250. The number of anilines is 1. The molecule has 2 N–H and O–H groups in total. The zero-order valence-electron chi connectivity index (χ0n) is 12.0. The average molecular weight is 282 g/mol. The molecule has 2 heterocycles. The van der Waals surface area contributed by atoms with Crippen LogP contribution in [0.4, 0.5) is 5.69 Å². The summed E-state index contributed by atoms with van der Waals surface area (Å²) in [6, 6.07) is 12.0. The Kier molecular flexibility index (Phi) is 3.83. The van der Waals surface area contributed by atoms with E-state index in [4.69, 9.17) is 5.11 Å². The Labute approximate surface area is 123 Å². The van der Waals surface area contributed by atoms with Gasteiger partial charge in [0, 0.05) is 30.5 Å². The summed E-state index contributed by atoms with van der Waals surface area (Å²) in [5.41, 5.74) is 3.88. The monoisotopic (exact) mass is 282 g/mol. The zero-order chi connectivity index (χ0) is 14.7. The third kappa shape index (κ3) is 2.60. The van der Waals surface area contributed by atoms with Crippen LogP contribution in [0.25, 0.3) is 22.6 Å². The summed E-state index contributed by atoms with van der Waals surface area (Å²) in [6.07, 6.45) is 1.79. The molecule has 5 nitrogen and oxygen atoms in total. The van der Waals surface area contributed by atoms with Crippen molar-refractivity contribution in [1.29, 1.82) is 0 Å². The van der Waals surface area contributed by atoms with Gasteiger partial charge in [-0.2, -0.15) is 0 Å².